The largest absolute Gasteiger partial charge is 0.481 e. The van der Waals surface area contributed by atoms with Gasteiger partial charge in [0, 0.05) is 24.4 Å². The summed E-state index contributed by atoms with van der Waals surface area (Å²) in [7, 11) is 0. The van der Waals surface area contributed by atoms with Crippen molar-refractivity contribution in [2.75, 3.05) is 19.6 Å². The Balaban J connectivity index is 0.000000447. The van der Waals surface area contributed by atoms with E-state index in [1.807, 2.05) is 30.3 Å². The van der Waals surface area contributed by atoms with Crippen LogP contribution in [0, 0.1) is 5.92 Å². The lowest BCUT2D eigenvalue weighted by molar-refractivity contribution is -0.134. The Morgan fingerprint density at radius 3 is 2.35 bits per heavy atom. The average molecular weight is 372 g/mol. The maximum absolute atomic E-state index is 12.5. The van der Waals surface area contributed by atoms with Crippen molar-refractivity contribution in [1.29, 1.82) is 0 Å². The number of hydrogen-bond donors (Lipinski definition) is 2. The second-order valence-corrected chi connectivity index (χ2v) is 7.85. The van der Waals surface area contributed by atoms with Crippen molar-refractivity contribution in [3.8, 4) is 10.4 Å². The van der Waals surface area contributed by atoms with E-state index in [-0.39, 0.29) is 5.91 Å². The summed E-state index contributed by atoms with van der Waals surface area (Å²) < 4.78 is 0. The van der Waals surface area contributed by atoms with Crippen LogP contribution in [0.1, 0.15) is 29.4 Å². The Morgan fingerprint density at radius 1 is 1.12 bits per heavy atom. The van der Waals surface area contributed by atoms with E-state index in [9.17, 15) is 4.79 Å². The van der Waals surface area contributed by atoms with Gasteiger partial charge in [-0.3, -0.25) is 9.59 Å². The van der Waals surface area contributed by atoms with Crippen LogP contribution >= 0.6 is 11.3 Å². The average Bonchev–Trinajstić information content (AvgIpc) is 3.13. The fraction of sp³-hybridized carbons (Fsp3) is 0.400. The number of nitrogens with one attached hydrogen (secondary N) is 1. The summed E-state index contributed by atoms with van der Waals surface area (Å²) in [5.74, 6) is -0.0755. The molecule has 0 saturated carbocycles. The van der Waals surface area contributed by atoms with E-state index in [1.54, 1.807) is 11.3 Å². The first-order chi connectivity index (χ1) is 12.5. The van der Waals surface area contributed by atoms with Crippen LogP contribution in [0.3, 0.4) is 0 Å². The molecular formula is C20H24N2O3S. The highest BCUT2D eigenvalue weighted by atomic mass is 32.1. The molecule has 3 aliphatic heterocycles. The monoisotopic (exact) mass is 372 g/mol. The predicted molar refractivity (Wildman–Crippen MR) is 103 cm³/mol. The number of carboxylic acids is 1. The first-order valence-corrected chi connectivity index (χ1v) is 9.72. The molecule has 4 heterocycles. The highest BCUT2D eigenvalue weighted by Crippen LogP contribution is 2.30. The fourth-order valence-corrected chi connectivity index (χ4v) is 4.50. The van der Waals surface area contributed by atoms with Crippen LogP contribution in [0.5, 0.6) is 0 Å². The van der Waals surface area contributed by atoms with Crippen LogP contribution in [0.15, 0.2) is 42.5 Å². The van der Waals surface area contributed by atoms with Crippen LogP contribution in [0.2, 0.25) is 0 Å². The lowest BCUT2D eigenvalue weighted by Crippen LogP contribution is -2.57. The Morgan fingerprint density at radius 2 is 1.77 bits per heavy atom. The minimum atomic E-state index is -0.833. The molecule has 1 aromatic heterocycles. The topological polar surface area (TPSA) is 69.6 Å². The van der Waals surface area contributed by atoms with Crippen LogP contribution < -0.4 is 5.32 Å². The molecule has 0 radical (unpaired) electrons. The molecule has 0 aliphatic carbocycles. The van der Waals surface area contributed by atoms with Crippen LogP contribution in [-0.2, 0) is 4.79 Å². The fourth-order valence-electron chi connectivity index (χ4n) is 3.59. The van der Waals surface area contributed by atoms with Crippen molar-refractivity contribution < 1.29 is 14.7 Å². The van der Waals surface area contributed by atoms with Crippen molar-refractivity contribution in [2.45, 2.75) is 25.8 Å². The van der Waals surface area contributed by atoms with E-state index in [0.29, 0.717) is 12.0 Å². The van der Waals surface area contributed by atoms with Crippen molar-refractivity contribution in [3.63, 3.8) is 0 Å². The summed E-state index contributed by atoms with van der Waals surface area (Å²) in [5, 5.41) is 10.7. The van der Waals surface area contributed by atoms with Gasteiger partial charge < -0.3 is 15.3 Å². The van der Waals surface area contributed by atoms with Gasteiger partial charge in [-0.15, -0.1) is 11.3 Å². The normalized spacial score (nSPS) is 23.7. The van der Waals surface area contributed by atoms with Gasteiger partial charge in [0.05, 0.1) is 4.88 Å². The Bertz CT molecular complexity index is 747. The Hall–Kier alpha value is -2.18. The third-order valence-electron chi connectivity index (χ3n) is 4.86. The van der Waals surface area contributed by atoms with Gasteiger partial charge in [-0.1, -0.05) is 30.3 Å². The molecule has 1 atom stereocenters. The third kappa shape index (κ3) is 4.71. The number of piperidine rings is 3. The first kappa shape index (κ1) is 18.6. The lowest BCUT2D eigenvalue weighted by atomic mass is 9.84. The minimum absolute atomic E-state index is 0.0888. The molecule has 1 amide bonds. The Kier molecular flexibility index (Phi) is 6.06. The van der Waals surface area contributed by atoms with E-state index in [1.165, 1.54) is 31.5 Å². The van der Waals surface area contributed by atoms with Crippen molar-refractivity contribution >= 4 is 23.2 Å². The molecule has 26 heavy (non-hydrogen) atoms. The molecule has 0 spiro atoms. The van der Waals surface area contributed by atoms with Crippen molar-refractivity contribution in [2.24, 2.45) is 5.92 Å². The quantitative estimate of drug-likeness (QED) is 0.867. The number of benzene rings is 1. The molecule has 3 fully saturated rings. The zero-order valence-corrected chi connectivity index (χ0v) is 15.7. The summed E-state index contributed by atoms with van der Waals surface area (Å²) in [6, 6.07) is 14.6. The van der Waals surface area contributed by atoms with Gasteiger partial charge >= 0.3 is 0 Å². The summed E-state index contributed by atoms with van der Waals surface area (Å²) in [4.78, 5) is 25.9. The van der Waals surface area contributed by atoms with E-state index < -0.39 is 5.97 Å². The Labute approximate surface area is 157 Å². The molecule has 1 aromatic carbocycles. The molecule has 0 unspecified atom stereocenters. The zero-order chi connectivity index (χ0) is 18.5. The number of amides is 1. The standard InChI is InChI=1S/C18H20N2OS.C2H4O2/c21-18(19-15-12-20-10-8-13(15)9-11-20)17-7-6-16(22-17)14-4-2-1-3-5-14;1-2(3)4/h1-7,13,15H,8-12H2,(H,19,21);1H3,(H,3,4)/t15-;/m1./s1. The number of aliphatic carboxylic acids is 1. The van der Waals surface area contributed by atoms with E-state index in [2.05, 4.69) is 22.3 Å². The van der Waals surface area contributed by atoms with Gasteiger partial charge in [0.1, 0.15) is 0 Å². The molecule has 6 heteroatoms. The van der Waals surface area contributed by atoms with E-state index >= 15 is 0 Å². The lowest BCUT2D eigenvalue weighted by Gasteiger charge is -2.44. The number of carboxylic acid groups (broad SMARTS) is 1. The van der Waals surface area contributed by atoms with Crippen LogP contribution in [0.25, 0.3) is 10.4 Å². The van der Waals surface area contributed by atoms with Gasteiger partial charge in [0.25, 0.3) is 11.9 Å². The van der Waals surface area contributed by atoms with Crippen LogP contribution in [0.4, 0.5) is 0 Å². The first-order valence-electron chi connectivity index (χ1n) is 8.91. The molecule has 5 rings (SSSR count). The number of carbonyl (C=O) groups excluding carboxylic acids is 1. The molecular weight excluding hydrogens is 348 g/mol. The van der Waals surface area contributed by atoms with Gasteiger partial charge in [-0.05, 0) is 49.5 Å². The molecule has 2 bridgehead atoms. The number of rotatable bonds is 3. The number of carbonyl (C=O) groups is 2. The molecule has 5 nitrogen and oxygen atoms in total. The smallest absolute Gasteiger partial charge is 0.300 e. The predicted octanol–water partition coefficient (Wildman–Crippen LogP) is 3.33. The number of hydrogen-bond acceptors (Lipinski definition) is 4. The van der Waals surface area contributed by atoms with E-state index in [0.717, 1.165) is 23.2 Å². The second kappa shape index (κ2) is 8.47. The maximum atomic E-state index is 12.5. The highest BCUT2D eigenvalue weighted by molar-refractivity contribution is 7.17. The molecule has 2 aromatic rings. The molecule has 138 valence electrons. The van der Waals surface area contributed by atoms with Gasteiger partial charge in [0.15, 0.2) is 0 Å². The van der Waals surface area contributed by atoms with E-state index in [4.69, 9.17) is 9.90 Å². The highest BCUT2D eigenvalue weighted by Gasteiger charge is 2.35. The second-order valence-electron chi connectivity index (χ2n) is 6.77. The number of fused-ring (bicyclic) bond motifs is 3. The summed E-state index contributed by atoms with van der Waals surface area (Å²) >= 11 is 1.58. The third-order valence-corrected chi connectivity index (χ3v) is 5.99. The molecule has 3 aliphatic rings. The summed E-state index contributed by atoms with van der Waals surface area (Å²) in [6.07, 6.45) is 2.45. The molecule has 2 N–H and O–H groups in total. The van der Waals surface area contributed by atoms with Gasteiger partial charge in [-0.25, -0.2) is 0 Å². The SMILES string of the molecule is CC(=O)O.O=C(N[C@@H]1CN2CCC1CC2)c1ccc(-c2ccccc2)s1. The minimum Gasteiger partial charge on any atom is -0.481 e. The summed E-state index contributed by atoms with van der Waals surface area (Å²) in [5.41, 5.74) is 1.18. The van der Waals surface area contributed by atoms with Gasteiger partial charge in [0.2, 0.25) is 0 Å². The van der Waals surface area contributed by atoms with Gasteiger partial charge in [-0.2, -0.15) is 0 Å². The summed E-state index contributed by atoms with van der Waals surface area (Å²) in [6.45, 7) is 4.51. The van der Waals surface area contributed by atoms with Crippen molar-refractivity contribution in [1.82, 2.24) is 10.2 Å². The zero-order valence-electron chi connectivity index (χ0n) is 14.9. The molecule has 3 saturated heterocycles. The maximum Gasteiger partial charge on any atom is 0.300 e. The van der Waals surface area contributed by atoms with Crippen molar-refractivity contribution in [3.05, 3.63) is 47.3 Å². The van der Waals surface area contributed by atoms with Crippen LogP contribution in [-0.4, -0.2) is 47.6 Å². The number of nitrogens with zero attached hydrogens (tertiary/aromatic N) is 1. The number of thiophene rings is 1.